The summed E-state index contributed by atoms with van der Waals surface area (Å²) >= 11 is 3.20. The lowest BCUT2D eigenvalue weighted by molar-refractivity contribution is -0.394. The molecule has 10 nitrogen and oxygen atoms in total. The Balaban J connectivity index is 2.02. The van der Waals surface area contributed by atoms with Crippen LogP contribution in [0.15, 0.2) is 34.1 Å². The van der Waals surface area contributed by atoms with Crippen LogP contribution in [0, 0.1) is 10.1 Å². The number of rotatable bonds is 5. The van der Waals surface area contributed by atoms with Gasteiger partial charge in [0.25, 0.3) is 5.91 Å². The third kappa shape index (κ3) is 4.32. The first-order valence-corrected chi connectivity index (χ1v) is 7.02. The summed E-state index contributed by atoms with van der Waals surface area (Å²) in [5, 5.41) is 27.6. The van der Waals surface area contributed by atoms with Crippen LogP contribution in [0.2, 0.25) is 0 Å². The van der Waals surface area contributed by atoms with Crippen LogP contribution >= 0.6 is 15.9 Å². The predicted molar refractivity (Wildman–Crippen MR) is 83.1 cm³/mol. The SMILES string of the molecule is C/C(Cn1cnc([N+](=O)[O-])n1)=N/NC(=O)c1cc(Br)ccc1O. The van der Waals surface area contributed by atoms with E-state index >= 15 is 0 Å². The molecule has 0 aliphatic heterocycles. The molecule has 0 saturated carbocycles. The van der Waals surface area contributed by atoms with Gasteiger partial charge in [-0.25, -0.2) is 5.43 Å². The first-order chi connectivity index (χ1) is 10.9. The highest BCUT2D eigenvalue weighted by Gasteiger charge is 2.14. The molecule has 1 heterocycles. The first-order valence-electron chi connectivity index (χ1n) is 6.22. The Hall–Kier alpha value is -2.82. The average Bonchev–Trinajstić information content (AvgIpc) is 2.96. The molecule has 1 aromatic carbocycles. The molecular formula is C12H11BrN6O4. The van der Waals surface area contributed by atoms with Crippen molar-refractivity contribution in [1.82, 2.24) is 20.2 Å². The van der Waals surface area contributed by atoms with E-state index in [-0.39, 0.29) is 17.9 Å². The number of hydrazone groups is 1. The lowest BCUT2D eigenvalue weighted by Crippen LogP contribution is -2.20. The third-order valence-corrected chi connectivity index (χ3v) is 3.12. The van der Waals surface area contributed by atoms with Gasteiger partial charge in [0.1, 0.15) is 5.75 Å². The van der Waals surface area contributed by atoms with Gasteiger partial charge in [0.15, 0.2) is 0 Å². The number of aromatic hydroxyl groups is 1. The van der Waals surface area contributed by atoms with Gasteiger partial charge < -0.3 is 15.2 Å². The number of nitrogens with zero attached hydrogens (tertiary/aromatic N) is 5. The van der Waals surface area contributed by atoms with Gasteiger partial charge in [-0.1, -0.05) is 20.9 Å². The average molecular weight is 383 g/mol. The number of carbonyl (C=O) groups excluding carboxylic acids is 1. The number of carbonyl (C=O) groups is 1. The maximum absolute atomic E-state index is 11.9. The third-order valence-electron chi connectivity index (χ3n) is 2.63. The van der Waals surface area contributed by atoms with E-state index in [4.69, 9.17) is 0 Å². The van der Waals surface area contributed by atoms with Crippen LogP contribution in [0.3, 0.4) is 0 Å². The van der Waals surface area contributed by atoms with Crippen LogP contribution in [0.25, 0.3) is 0 Å². The maximum atomic E-state index is 11.9. The quantitative estimate of drug-likeness (QED) is 0.456. The Morgan fingerprint density at radius 3 is 2.96 bits per heavy atom. The summed E-state index contributed by atoms with van der Waals surface area (Å²) in [6, 6.07) is 4.43. The zero-order chi connectivity index (χ0) is 17.0. The van der Waals surface area contributed by atoms with Crippen molar-refractivity contribution in [2.45, 2.75) is 13.5 Å². The summed E-state index contributed by atoms with van der Waals surface area (Å²) < 4.78 is 1.86. The molecule has 0 fully saturated rings. The minimum atomic E-state index is -0.708. The molecular weight excluding hydrogens is 372 g/mol. The molecule has 0 saturated heterocycles. The molecule has 0 spiro atoms. The lowest BCUT2D eigenvalue weighted by Gasteiger charge is -2.04. The van der Waals surface area contributed by atoms with E-state index in [1.54, 1.807) is 13.0 Å². The van der Waals surface area contributed by atoms with Crippen molar-refractivity contribution in [2.24, 2.45) is 5.10 Å². The molecule has 0 atom stereocenters. The number of phenols is 1. The van der Waals surface area contributed by atoms with Crippen LogP contribution in [-0.2, 0) is 6.54 Å². The van der Waals surface area contributed by atoms with E-state index in [1.165, 1.54) is 23.1 Å². The number of halogens is 1. The number of nitro groups is 1. The van der Waals surface area contributed by atoms with Gasteiger partial charge in [0, 0.05) is 9.57 Å². The second-order valence-electron chi connectivity index (χ2n) is 4.45. The minimum absolute atomic E-state index is 0.0623. The molecule has 23 heavy (non-hydrogen) atoms. The maximum Gasteiger partial charge on any atom is 0.490 e. The smallest absolute Gasteiger partial charge is 0.490 e. The summed E-state index contributed by atoms with van der Waals surface area (Å²) in [6.45, 7) is 1.72. The van der Waals surface area contributed by atoms with Crippen LogP contribution in [0.4, 0.5) is 5.95 Å². The number of hydrogen-bond acceptors (Lipinski definition) is 7. The molecule has 2 N–H and O–H groups in total. The van der Waals surface area contributed by atoms with E-state index in [0.717, 1.165) is 0 Å². The van der Waals surface area contributed by atoms with E-state index < -0.39 is 16.8 Å². The van der Waals surface area contributed by atoms with Gasteiger partial charge in [0.05, 0.1) is 17.8 Å². The Labute approximate surface area is 138 Å². The van der Waals surface area contributed by atoms with Gasteiger partial charge in [-0.15, -0.1) is 0 Å². The fourth-order valence-electron chi connectivity index (χ4n) is 1.61. The molecule has 2 rings (SSSR count). The van der Waals surface area contributed by atoms with Crippen molar-refractivity contribution in [1.29, 1.82) is 0 Å². The van der Waals surface area contributed by atoms with Crippen LogP contribution in [0.1, 0.15) is 17.3 Å². The van der Waals surface area contributed by atoms with E-state index in [1.807, 2.05) is 0 Å². The van der Waals surface area contributed by atoms with Crippen molar-refractivity contribution in [2.75, 3.05) is 0 Å². The molecule has 0 unspecified atom stereocenters. The largest absolute Gasteiger partial charge is 0.507 e. The van der Waals surface area contributed by atoms with Crippen molar-refractivity contribution in [3.05, 3.63) is 44.7 Å². The summed E-state index contributed by atoms with van der Waals surface area (Å²) in [6.07, 6.45) is 1.19. The molecule has 11 heteroatoms. The van der Waals surface area contributed by atoms with Gasteiger partial charge >= 0.3 is 5.95 Å². The minimum Gasteiger partial charge on any atom is -0.507 e. The van der Waals surface area contributed by atoms with Crippen LogP contribution < -0.4 is 5.43 Å². The Morgan fingerprint density at radius 2 is 2.30 bits per heavy atom. The van der Waals surface area contributed by atoms with Crippen molar-refractivity contribution >= 4 is 33.5 Å². The zero-order valence-electron chi connectivity index (χ0n) is 11.8. The first kappa shape index (κ1) is 16.5. The number of phenolic OH excluding ortho intramolecular Hbond substituents is 1. The monoisotopic (exact) mass is 382 g/mol. The summed E-state index contributed by atoms with van der Waals surface area (Å²) in [7, 11) is 0. The molecule has 2 aromatic rings. The second kappa shape index (κ2) is 6.96. The van der Waals surface area contributed by atoms with Crippen LogP contribution in [0.5, 0.6) is 5.75 Å². The molecule has 0 aliphatic rings. The number of nitrogens with one attached hydrogen (secondary N) is 1. The Kier molecular flexibility index (Phi) is 5.01. The highest BCUT2D eigenvalue weighted by atomic mass is 79.9. The summed E-state index contributed by atoms with van der Waals surface area (Å²) in [5.41, 5.74) is 2.79. The fourth-order valence-corrected chi connectivity index (χ4v) is 1.97. The zero-order valence-corrected chi connectivity index (χ0v) is 13.4. The highest BCUT2D eigenvalue weighted by Crippen LogP contribution is 2.21. The van der Waals surface area contributed by atoms with E-state index in [0.29, 0.717) is 10.2 Å². The van der Waals surface area contributed by atoms with E-state index in [2.05, 4.69) is 36.5 Å². The molecule has 1 amide bonds. The Morgan fingerprint density at radius 1 is 1.57 bits per heavy atom. The standard InChI is InChI=1S/C12H11BrN6O4/c1-7(5-18-6-14-12(17-18)19(22)23)15-16-11(21)9-4-8(13)2-3-10(9)20/h2-4,6,20H,5H2,1H3,(H,16,21)/b15-7-. The number of hydrogen-bond donors (Lipinski definition) is 2. The number of amides is 1. The molecule has 0 bridgehead atoms. The normalized spacial score (nSPS) is 11.3. The molecule has 1 aromatic heterocycles. The van der Waals surface area contributed by atoms with Gasteiger partial charge in [0.2, 0.25) is 6.33 Å². The highest BCUT2D eigenvalue weighted by molar-refractivity contribution is 9.10. The van der Waals surface area contributed by atoms with Gasteiger partial charge in [-0.05, 0) is 30.0 Å². The fraction of sp³-hybridized carbons (Fsp3) is 0.167. The van der Waals surface area contributed by atoms with E-state index in [9.17, 15) is 20.0 Å². The lowest BCUT2D eigenvalue weighted by atomic mass is 10.2. The Bertz CT molecular complexity index is 788. The molecule has 120 valence electrons. The summed E-state index contributed by atoms with van der Waals surface area (Å²) in [4.78, 5) is 25.2. The van der Waals surface area contributed by atoms with Gasteiger partial charge in [-0.2, -0.15) is 9.78 Å². The van der Waals surface area contributed by atoms with Gasteiger partial charge in [-0.3, -0.25) is 4.79 Å². The molecule has 0 aliphatic carbocycles. The molecule has 0 radical (unpaired) electrons. The number of benzene rings is 1. The second-order valence-corrected chi connectivity index (χ2v) is 5.36. The van der Waals surface area contributed by atoms with Crippen LogP contribution in [-0.4, -0.2) is 36.4 Å². The van der Waals surface area contributed by atoms with Crippen molar-refractivity contribution < 1.29 is 14.8 Å². The van der Waals surface area contributed by atoms with Crippen molar-refractivity contribution in [3.63, 3.8) is 0 Å². The topological polar surface area (TPSA) is 136 Å². The number of aromatic nitrogens is 3. The van der Waals surface area contributed by atoms with Crippen molar-refractivity contribution in [3.8, 4) is 5.75 Å². The summed E-state index contributed by atoms with van der Waals surface area (Å²) in [5.74, 6) is -1.28. The predicted octanol–water partition coefficient (Wildman–Crippen LogP) is 1.46.